The molecular weight excluding hydrogens is 254 g/mol. The zero-order chi connectivity index (χ0) is 10.6. The van der Waals surface area contributed by atoms with E-state index in [1.807, 2.05) is 0 Å². The minimum atomic E-state index is -0.994. The molecule has 0 unspecified atom stereocenters. The molecule has 0 aliphatic carbocycles. The highest BCUT2D eigenvalue weighted by Gasteiger charge is 2.10. The summed E-state index contributed by atoms with van der Waals surface area (Å²) < 4.78 is 31.2. The van der Waals surface area contributed by atoms with Crippen LogP contribution in [0.25, 0.3) is 0 Å². The molecule has 0 amide bonds. The molecule has 74 valence electrons. The van der Waals surface area contributed by atoms with Gasteiger partial charge in [0.1, 0.15) is 6.61 Å². The summed E-state index contributed by atoms with van der Waals surface area (Å²) in [5.74, 6) is 3.09. The van der Waals surface area contributed by atoms with Gasteiger partial charge in [-0.05, 0) is 19.1 Å². The van der Waals surface area contributed by atoms with Crippen molar-refractivity contribution >= 4 is 15.9 Å². The SMILES string of the molecule is CC#CCOc1cc(Br)cc(F)c1F. The number of halogens is 3. The van der Waals surface area contributed by atoms with Gasteiger partial charge in [-0.3, -0.25) is 0 Å². The van der Waals surface area contributed by atoms with Crippen molar-refractivity contribution in [3.8, 4) is 17.6 Å². The third kappa shape index (κ3) is 2.71. The predicted octanol–water partition coefficient (Wildman–Crippen LogP) is 3.13. The predicted molar refractivity (Wildman–Crippen MR) is 53.0 cm³/mol. The molecule has 1 rings (SSSR count). The van der Waals surface area contributed by atoms with E-state index in [0.717, 1.165) is 6.07 Å². The molecule has 0 atom stereocenters. The molecule has 14 heavy (non-hydrogen) atoms. The van der Waals surface area contributed by atoms with Crippen molar-refractivity contribution in [1.29, 1.82) is 0 Å². The highest BCUT2D eigenvalue weighted by Crippen LogP contribution is 2.25. The molecule has 0 aliphatic rings. The van der Waals surface area contributed by atoms with Crippen LogP contribution in [0.1, 0.15) is 6.92 Å². The Labute approximate surface area is 89.2 Å². The third-order valence-electron chi connectivity index (χ3n) is 1.44. The highest BCUT2D eigenvalue weighted by molar-refractivity contribution is 9.10. The fourth-order valence-electron chi connectivity index (χ4n) is 0.823. The van der Waals surface area contributed by atoms with Crippen LogP contribution < -0.4 is 4.74 Å². The number of hydrogen-bond donors (Lipinski definition) is 0. The van der Waals surface area contributed by atoms with Gasteiger partial charge in [0.2, 0.25) is 5.82 Å². The monoisotopic (exact) mass is 260 g/mol. The lowest BCUT2D eigenvalue weighted by Crippen LogP contribution is -1.98. The standard InChI is InChI=1S/C10H7BrF2O/c1-2-3-4-14-9-6-7(11)5-8(12)10(9)13/h5-6H,4H2,1H3. The van der Waals surface area contributed by atoms with Gasteiger partial charge in [-0.15, -0.1) is 5.92 Å². The third-order valence-corrected chi connectivity index (χ3v) is 1.89. The summed E-state index contributed by atoms with van der Waals surface area (Å²) in [5.41, 5.74) is 0. The first kappa shape index (κ1) is 11.0. The normalized spacial score (nSPS) is 9.14. The van der Waals surface area contributed by atoms with Gasteiger partial charge in [0, 0.05) is 4.47 Å². The Morgan fingerprint density at radius 2 is 2.14 bits per heavy atom. The molecule has 0 saturated carbocycles. The maximum Gasteiger partial charge on any atom is 0.200 e. The largest absolute Gasteiger partial charge is 0.478 e. The van der Waals surface area contributed by atoms with Crippen molar-refractivity contribution in [2.75, 3.05) is 6.61 Å². The Morgan fingerprint density at radius 3 is 2.79 bits per heavy atom. The number of benzene rings is 1. The Balaban J connectivity index is 2.88. The van der Waals surface area contributed by atoms with E-state index in [1.165, 1.54) is 6.07 Å². The first-order valence-corrected chi connectivity index (χ1v) is 4.61. The highest BCUT2D eigenvalue weighted by atomic mass is 79.9. The molecule has 1 aromatic rings. The molecule has 0 aromatic heterocycles. The van der Waals surface area contributed by atoms with Gasteiger partial charge in [-0.1, -0.05) is 21.9 Å². The van der Waals surface area contributed by atoms with Crippen molar-refractivity contribution in [3.63, 3.8) is 0 Å². The van der Waals surface area contributed by atoms with Gasteiger partial charge < -0.3 is 4.74 Å². The molecule has 0 spiro atoms. The Hall–Kier alpha value is -1.08. The van der Waals surface area contributed by atoms with Crippen molar-refractivity contribution in [1.82, 2.24) is 0 Å². The van der Waals surface area contributed by atoms with Gasteiger partial charge >= 0.3 is 0 Å². The molecule has 0 radical (unpaired) electrons. The van der Waals surface area contributed by atoms with E-state index in [4.69, 9.17) is 4.74 Å². The molecule has 4 heteroatoms. The molecule has 1 nitrogen and oxygen atoms in total. The molecule has 0 saturated heterocycles. The van der Waals surface area contributed by atoms with E-state index in [9.17, 15) is 8.78 Å². The summed E-state index contributed by atoms with van der Waals surface area (Å²) in [7, 11) is 0. The summed E-state index contributed by atoms with van der Waals surface area (Å²) in [6, 6.07) is 2.39. The summed E-state index contributed by atoms with van der Waals surface area (Å²) in [5, 5.41) is 0. The molecule has 0 aliphatic heterocycles. The van der Waals surface area contributed by atoms with Crippen LogP contribution in [-0.2, 0) is 0 Å². The zero-order valence-corrected chi connectivity index (χ0v) is 8.99. The second-order valence-electron chi connectivity index (χ2n) is 2.42. The van der Waals surface area contributed by atoms with Gasteiger partial charge in [0.15, 0.2) is 11.6 Å². The van der Waals surface area contributed by atoms with E-state index in [2.05, 4.69) is 27.8 Å². The van der Waals surface area contributed by atoms with Crippen LogP contribution in [0.3, 0.4) is 0 Å². The van der Waals surface area contributed by atoms with E-state index < -0.39 is 11.6 Å². The van der Waals surface area contributed by atoms with Crippen LogP contribution in [0.15, 0.2) is 16.6 Å². The van der Waals surface area contributed by atoms with Gasteiger partial charge in [-0.25, -0.2) is 4.39 Å². The zero-order valence-electron chi connectivity index (χ0n) is 7.40. The Morgan fingerprint density at radius 1 is 1.43 bits per heavy atom. The molecular formula is C10H7BrF2O. The second-order valence-corrected chi connectivity index (χ2v) is 3.33. The van der Waals surface area contributed by atoms with E-state index in [0.29, 0.717) is 4.47 Å². The van der Waals surface area contributed by atoms with Gasteiger partial charge in [0.05, 0.1) is 0 Å². The topological polar surface area (TPSA) is 9.23 Å². The first-order chi connectivity index (χ1) is 6.65. The average Bonchev–Trinajstić information content (AvgIpc) is 2.13. The maximum absolute atomic E-state index is 13.0. The van der Waals surface area contributed by atoms with Gasteiger partial charge in [0.25, 0.3) is 0 Å². The number of hydrogen-bond acceptors (Lipinski definition) is 1. The molecule has 0 heterocycles. The lowest BCUT2D eigenvalue weighted by Gasteiger charge is -2.04. The van der Waals surface area contributed by atoms with Crippen molar-refractivity contribution < 1.29 is 13.5 Å². The van der Waals surface area contributed by atoms with E-state index in [1.54, 1.807) is 6.92 Å². The lowest BCUT2D eigenvalue weighted by atomic mass is 10.3. The summed E-state index contributed by atoms with van der Waals surface area (Å²) in [4.78, 5) is 0. The summed E-state index contributed by atoms with van der Waals surface area (Å²) in [6.45, 7) is 1.69. The van der Waals surface area contributed by atoms with Crippen LogP contribution in [0, 0.1) is 23.5 Å². The Bertz CT molecular complexity index is 393. The van der Waals surface area contributed by atoms with E-state index >= 15 is 0 Å². The Kier molecular flexibility index (Phi) is 3.90. The number of rotatable bonds is 2. The van der Waals surface area contributed by atoms with Crippen LogP contribution in [0.5, 0.6) is 5.75 Å². The van der Waals surface area contributed by atoms with Crippen molar-refractivity contribution in [2.45, 2.75) is 6.92 Å². The van der Waals surface area contributed by atoms with Crippen LogP contribution >= 0.6 is 15.9 Å². The fraction of sp³-hybridized carbons (Fsp3) is 0.200. The summed E-state index contributed by atoms with van der Waals surface area (Å²) >= 11 is 3.03. The molecule has 0 bridgehead atoms. The minimum absolute atomic E-state index is 0.0450. The maximum atomic E-state index is 13.0. The number of ether oxygens (including phenoxy) is 1. The van der Waals surface area contributed by atoms with E-state index in [-0.39, 0.29) is 12.4 Å². The van der Waals surface area contributed by atoms with Crippen LogP contribution in [-0.4, -0.2) is 6.61 Å². The quantitative estimate of drug-likeness (QED) is 0.587. The molecule has 0 N–H and O–H groups in total. The van der Waals surface area contributed by atoms with Crippen LogP contribution in [0.4, 0.5) is 8.78 Å². The summed E-state index contributed by atoms with van der Waals surface area (Å²) in [6.07, 6.45) is 0. The smallest absolute Gasteiger partial charge is 0.200 e. The lowest BCUT2D eigenvalue weighted by molar-refractivity contribution is 0.338. The first-order valence-electron chi connectivity index (χ1n) is 3.82. The van der Waals surface area contributed by atoms with Crippen molar-refractivity contribution in [3.05, 3.63) is 28.2 Å². The van der Waals surface area contributed by atoms with Gasteiger partial charge in [-0.2, -0.15) is 4.39 Å². The molecule has 0 fully saturated rings. The molecule has 1 aromatic carbocycles. The minimum Gasteiger partial charge on any atom is -0.478 e. The fourth-order valence-corrected chi connectivity index (χ4v) is 1.23. The average molecular weight is 261 g/mol. The second kappa shape index (κ2) is 4.97. The van der Waals surface area contributed by atoms with Crippen LogP contribution in [0.2, 0.25) is 0 Å². The van der Waals surface area contributed by atoms with Crippen molar-refractivity contribution in [2.24, 2.45) is 0 Å².